The summed E-state index contributed by atoms with van der Waals surface area (Å²) in [6.07, 6.45) is 0.845. The number of hydrogen-bond acceptors (Lipinski definition) is 2. The van der Waals surface area contributed by atoms with Gasteiger partial charge in [-0.1, -0.05) is 23.7 Å². The highest BCUT2D eigenvalue weighted by Gasteiger charge is 2.08. The number of halogens is 2. The maximum Gasteiger partial charge on any atom is 0.0931 e. The Morgan fingerprint density at radius 1 is 1.31 bits per heavy atom. The zero-order valence-electron chi connectivity index (χ0n) is 8.49. The lowest BCUT2D eigenvalue weighted by atomic mass is 10.0. The summed E-state index contributed by atoms with van der Waals surface area (Å²) in [6, 6.07) is 12.3. The summed E-state index contributed by atoms with van der Waals surface area (Å²) < 4.78 is 2.04. The van der Waals surface area contributed by atoms with Gasteiger partial charge in [0, 0.05) is 20.9 Å². The Kier molecular flexibility index (Phi) is 4.24. The topological polar surface area (TPSA) is 26.0 Å². The molecule has 4 heteroatoms. The zero-order chi connectivity index (χ0) is 11.5. The molecule has 2 aromatic rings. The third-order valence-electron chi connectivity index (χ3n) is 2.33. The molecule has 0 aliphatic carbocycles. The Morgan fingerprint density at radius 2 is 2.12 bits per heavy atom. The first kappa shape index (κ1) is 12.4. The molecule has 1 aromatic carbocycles. The monoisotopic (exact) mass is 363 g/mol. The van der Waals surface area contributed by atoms with Crippen molar-refractivity contribution in [3.63, 3.8) is 0 Å². The van der Waals surface area contributed by atoms with E-state index in [4.69, 9.17) is 17.3 Å². The first-order valence-electron chi connectivity index (χ1n) is 4.90. The van der Waals surface area contributed by atoms with Gasteiger partial charge in [-0.15, -0.1) is 11.3 Å². The molecule has 1 atom stereocenters. The van der Waals surface area contributed by atoms with Crippen LogP contribution in [0.5, 0.6) is 0 Å². The molecule has 0 aliphatic heterocycles. The summed E-state index contributed by atoms with van der Waals surface area (Å²) in [4.78, 5) is 1.23. The van der Waals surface area contributed by atoms with Crippen LogP contribution in [0.2, 0.25) is 4.34 Å². The fraction of sp³-hybridized carbons (Fsp3) is 0.167. The van der Waals surface area contributed by atoms with Gasteiger partial charge < -0.3 is 5.73 Å². The van der Waals surface area contributed by atoms with Crippen LogP contribution in [0.3, 0.4) is 0 Å². The van der Waals surface area contributed by atoms with Crippen LogP contribution in [-0.4, -0.2) is 0 Å². The fourth-order valence-corrected chi connectivity index (χ4v) is 3.25. The predicted octanol–water partition coefficient (Wildman–Crippen LogP) is 4.25. The second-order valence-electron chi connectivity index (χ2n) is 3.57. The minimum absolute atomic E-state index is 0.0458. The van der Waals surface area contributed by atoms with E-state index >= 15 is 0 Å². The van der Waals surface area contributed by atoms with Gasteiger partial charge in [-0.3, -0.25) is 0 Å². The van der Waals surface area contributed by atoms with Crippen LogP contribution < -0.4 is 5.73 Å². The third-order valence-corrected chi connectivity index (χ3v) is 4.25. The molecule has 0 saturated carbocycles. The summed E-state index contributed by atoms with van der Waals surface area (Å²) in [5, 5.41) is 0. The van der Waals surface area contributed by atoms with Gasteiger partial charge in [0.1, 0.15) is 0 Å². The smallest absolute Gasteiger partial charge is 0.0931 e. The second-order valence-corrected chi connectivity index (χ2v) is 6.62. The van der Waals surface area contributed by atoms with E-state index in [1.54, 1.807) is 11.3 Å². The first-order valence-corrected chi connectivity index (χ1v) is 7.18. The highest BCUT2D eigenvalue weighted by Crippen LogP contribution is 2.26. The van der Waals surface area contributed by atoms with Crippen molar-refractivity contribution in [2.45, 2.75) is 12.5 Å². The number of nitrogens with two attached hydrogens (primary N) is 1. The van der Waals surface area contributed by atoms with Gasteiger partial charge in [0.25, 0.3) is 0 Å². The molecule has 1 heterocycles. The van der Waals surface area contributed by atoms with E-state index < -0.39 is 0 Å². The van der Waals surface area contributed by atoms with Crippen LogP contribution in [0.25, 0.3) is 0 Å². The van der Waals surface area contributed by atoms with Crippen LogP contribution in [0, 0.1) is 3.57 Å². The molecular weight excluding hydrogens is 353 g/mol. The van der Waals surface area contributed by atoms with Crippen molar-refractivity contribution >= 4 is 45.5 Å². The number of benzene rings is 1. The average Bonchev–Trinajstić information content (AvgIpc) is 2.64. The summed E-state index contributed by atoms with van der Waals surface area (Å²) in [5.41, 5.74) is 7.34. The van der Waals surface area contributed by atoms with E-state index in [2.05, 4.69) is 40.8 Å². The maximum atomic E-state index is 6.17. The first-order chi connectivity index (χ1) is 7.65. The van der Waals surface area contributed by atoms with Gasteiger partial charge in [-0.25, -0.2) is 0 Å². The average molecular weight is 364 g/mol. The van der Waals surface area contributed by atoms with Crippen molar-refractivity contribution in [2.75, 3.05) is 0 Å². The van der Waals surface area contributed by atoms with E-state index in [-0.39, 0.29) is 6.04 Å². The lowest BCUT2D eigenvalue weighted by Gasteiger charge is -2.10. The maximum absolute atomic E-state index is 6.17. The van der Waals surface area contributed by atoms with Gasteiger partial charge in [-0.05, 0) is 52.4 Å². The number of rotatable bonds is 3. The second kappa shape index (κ2) is 5.49. The van der Waals surface area contributed by atoms with E-state index in [1.165, 1.54) is 14.0 Å². The Bertz CT molecular complexity index is 483. The molecular formula is C12H11ClINS. The molecule has 0 radical (unpaired) electrons. The molecule has 2 N–H and O–H groups in total. The van der Waals surface area contributed by atoms with Gasteiger partial charge in [0.15, 0.2) is 0 Å². The Morgan fingerprint density at radius 3 is 2.75 bits per heavy atom. The van der Waals surface area contributed by atoms with Crippen molar-refractivity contribution in [3.05, 3.63) is 54.7 Å². The molecule has 1 aromatic heterocycles. The quantitative estimate of drug-likeness (QED) is 0.811. The Balaban J connectivity index is 2.11. The lowest BCUT2D eigenvalue weighted by Crippen LogP contribution is -2.12. The molecule has 16 heavy (non-hydrogen) atoms. The molecule has 2 rings (SSSR count). The molecule has 0 aliphatic rings. The molecule has 0 spiro atoms. The van der Waals surface area contributed by atoms with E-state index in [0.717, 1.165) is 10.8 Å². The van der Waals surface area contributed by atoms with Gasteiger partial charge >= 0.3 is 0 Å². The molecule has 84 valence electrons. The molecule has 0 fully saturated rings. The van der Waals surface area contributed by atoms with Crippen molar-refractivity contribution in [1.29, 1.82) is 0 Å². The summed E-state index contributed by atoms with van der Waals surface area (Å²) in [7, 11) is 0. The summed E-state index contributed by atoms with van der Waals surface area (Å²) >= 11 is 9.79. The summed E-state index contributed by atoms with van der Waals surface area (Å²) in [5.74, 6) is 0. The lowest BCUT2D eigenvalue weighted by molar-refractivity contribution is 0.729. The van der Waals surface area contributed by atoms with Crippen molar-refractivity contribution in [2.24, 2.45) is 5.73 Å². The number of thiophene rings is 1. The molecule has 1 nitrogen and oxygen atoms in total. The van der Waals surface area contributed by atoms with Gasteiger partial charge in [-0.2, -0.15) is 0 Å². The normalized spacial score (nSPS) is 12.7. The standard InChI is InChI=1S/C12H11ClINS/c13-12-5-4-10(16-12)7-11(15)8-2-1-3-9(14)6-8/h1-6,11H,7,15H2. The third kappa shape index (κ3) is 3.20. The Hall–Kier alpha value is -0.100. The molecule has 0 saturated heterocycles. The van der Waals surface area contributed by atoms with E-state index in [0.29, 0.717) is 0 Å². The van der Waals surface area contributed by atoms with E-state index in [9.17, 15) is 0 Å². The van der Waals surface area contributed by atoms with Crippen LogP contribution in [0.15, 0.2) is 36.4 Å². The van der Waals surface area contributed by atoms with Crippen LogP contribution in [-0.2, 0) is 6.42 Å². The minimum atomic E-state index is 0.0458. The summed E-state index contributed by atoms with van der Waals surface area (Å²) in [6.45, 7) is 0. The van der Waals surface area contributed by atoms with Crippen molar-refractivity contribution in [1.82, 2.24) is 0 Å². The minimum Gasteiger partial charge on any atom is -0.324 e. The zero-order valence-corrected chi connectivity index (χ0v) is 12.2. The van der Waals surface area contributed by atoms with E-state index in [1.807, 2.05) is 18.2 Å². The molecule has 0 amide bonds. The van der Waals surface area contributed by atoms with Gasteiger partial charge in [0.05, 0.1) is 4.34 Å². The van der Waals surface area contributed by atoms with Crippen molar-refractivity contribution < 1.29 is 0 Å². The van der Waals surface area contributed by atoms with Crippen molar-refractivity contribution in [3.8, 4) is 0 Å². The largest absolute Gasteiger partial charge is 0.324 e. The fourth-order valence-electron chi connectivity index (χ4n) is 1.53. The van der Waals surface area contributed by atoms with Gasteiger partial charge in [0.2, 0.25) is 0 Å². The van der Waals surface area contributed by atoms with Crippen LogP contribution in [0.1, 0.15) is 16.5 Å². The van der Waals surface area contributed by atoms with Crippen LogP contribution >= 0.6 is 45.5 Å². The Labute approximate surface area is 118 Å². The SMILES string of the molecule is NC(Cc1ccc(Cl)s1)c1cccc(I)c1. The number of hydrogen-bond donors (Lipinski definition) is 1. The molecule has 1 unspecified atom stereocenters. The highest BCUT2D eigenvalue weighted by molar-refractivity contribution is 14.1. The van der Waals surface area contributed by atoms with Crippen LogP contribution in [0.4, 0.5) is 0 Å². The predicted molar refractivity (Wildman–Crippen MR) is 79.1 cm³/mol. The highest BCUT2D eigenvalue weighted by atomic mass is 127. The molecule has 0 bridgehead atoms.